The van der Waals surface area contributed by atoms with Gasteiger partial charge in [-0.05, 0) is 38.5 Å². The molecule has 0 aliphatic heterocycles. The zero-order valence-electron chi connectivity index (χ0n) is 11.1. The van der Waals surface area contributed by atoms with Gasteiger partial charge in [0.05, 0.1) is 7.11 Å². The minimum atomic E-state index is 0.784. The van der Waals surface area contributed by atoms with Gasteiger partial charge in [0, 0.05) is 12.4 Å². The summed E-state index contributed by atoms with van der Waals surface area (Å²) in [6, 6.07) is 5.96. The Morgan fingerprint density at radius 3 is 2.72 bits per heavy atom. The molecular formula is C14H17N3O. The molecule has 0 bridgehead atoms. The van der Waals surface area contributed by atoms with Crippen LogP contribution in [0, 0.1) is 13.8 Å². The summed E-state index contributed by atoms with van der Waals surface area (Å²) < 4.78 is 7.29. The van der Waals surface area contributed by atoms with Gasteiger partial charge >= 0.3 is 0 Å². The zero-order valence-corrected chi connectivity index (χ0v) is 11.1. The van der Waals surface area contributed by atoms with Crippen molar-refractivity contribution in [1.29, 1.82) is 0 Å². The number of ether oxygens (including phenoxy) is 1. The fraction of sp³-hybridized carbons (Fsp3) is 0.286. The third kappa shape index (κ3) is 2.42. The summed E-state index contributed by atoms with van der Waals surface area (Å²) in [5, 5.41) is 0. The smallest absolute Gasteiger partial charge is 0.144 e. The van der Waals surface area contributed by atoms with E-state index in [-0.39, 0.29) is 0 Å². The van der Waals surface area contributed by atoms with E-state index in [0.717, 1.165) is 28.7 Å². The van der Waals surface area contributed by atoms with Crippen LogP contribution in [0.2, 0.25) is 0 Å². The van der Waals surface area contributed by atoms with Crippen molar-refractivity contribution in [3.63, 3.8) is 0 Å². The molecular weight excluding hydrogens is 226 g/mol. The van der Waals surface area contributed by atoms with Crippen LogP contribution in [0.5, 0.6) is 5.75 Å². The van der Waals surface area contributed by atoms with Crippen LogP contribution < -0.4 is 4.74 Å². The van der Waals surface area contributed by atoms with Gasteiger partial charge < -0.3 is 4.74 Å². The third-order valence-corrected chi connectivity index (χ3v) is 2.79. The Morgan fingerprint density at radius 1 is 1.33 bits per heavy atom. The number of aryl methyl sites for hydroxylation is 2. The molecule has 94 valence electrons. The lowest BCUT2D eigenvalue weighted by atomic mass is 10.2. The Kier molecular flexibility index (Phi) is 3.46. The molecule has 2 rings (SSSR count). The standard InChI is InChI=1S/C14H17N3O/c1-10-5-6-13(14(9-10)18-4)16-12(3)17-8-7-15-11(17)2/h5-9H,1-4H3. The minimum absolute atomic E-state index is 0.784. The van der Waals surface area contributed by atoms with Gasteiger partial charge in [-0.15, -0.1) is 0 Å². The monoisotopic (exact) mass is 243 g/mol. The van der Waals surface area contributed by atoms with Gasteiger partial charge in [0.25, 0.3) is 0 Å². The topological polar surface area (TPSA) is 39.4 Å². The highest BCUT2D eigenvalue weighted by molar-refractivity contribution is 5.85. The Balaban J connectivity index is 2.42. The maximum atomic E-state index is 5.34. The largest absolute Gasteiger partial charge is 0.494 e. The van der Waals surface area contributed by atoms with E-state index in [4.69, 9.17) is 4.74 Å². The Labute approximate surface area is 107 Å². The number of aromatic nitrogens is 2. The number of hydrogen-bond donors (Lipinski definition) is 0. The first-order valence-corrected chi connectivity index (χ1v) is 5.82. The molecule has 4 heteroatoms. The Hall–Kier alpha value is -2.10. The molecule has 4 nitrogen and oxygen atoms in total. The van der Waals surface area contributed by atoms with Crippen LogP contribution in [-0.4, -0.2) is 22.5 Å². The SMILES string of the molecule is COc1cc(C)ccc1N=C(C)n1ccnc1C. The van der Waals surface area contributed by atoms with Crippen molar-refractivity contribution in [3.8, 4) is 5.75 Å². The van der Waals surface area contributed by atoms with Crippen LogP contribution in [0.4, 0.5) is 5.69 Å². The zero-order chi connectivity index (χ0) is 13.1. The summed E-state index contributed by atoms with van der Waals surface area (Å²) in [5.41, 5.74) is 1.98. The molecule has 0 atom stereocenters. The summed E-state index contributed by atoms with van der Waals surface area (Å²) in [7, 11) is 1.66. The molecule has 0 aliphatic carbocycles. The van der Waals surface area contributed by atoms with E-state index in [1.807, 2.05) is 49.7 Å². The first kappa shape index (κ1) is 12.4. The van der Waals surface area contributed by atoms with Gasteiger partial charge in [0.1, 0.15) is 23.1 Å². The van der Waals surface area contributed by atoms with E-state index >= 15 is 0 Å². The fourth-order valence-electron chi connectivity index (χ4n) is 1.83. The van der Waals surface area contributed by atoms with Crippen molar-refractivity contribution in [2.45, 2.75) is 20.8 Å². The van der Waals surface area contributed by atoms with E-state index < -0.39 is 0 Å². The molecule has 0 spiro atoms. The second-order valence-corrected chi connectivity index (χ2v) is 4.18. The van der Waals surface area contributed by atoms with Crippen LogP contribution in [-0.2, 0) is 0 Å². The van der Waals surface area contributed by atoms with Crippen molar-refractivity contribution in [2.75, 3.05) is 7.11 Å². The van der Waals surface area contributed by atoms with E-state index in [1.54, 1.807) is 13.3 Å². The molecule has 0 N–H and O–H groups in total. The lowest BCUT2D eigenvalue weighted by molar-refractivity contribution is 0.416. The lowest BCUT2D eigenvalue weighted by Crippen LogP contribution is -2.07. The third-order valence-electron chi connectivity index (χ3n) is 2.79. The van der Waals surface area contributed by atoms with Crippen molar-refractivity contribution in [2.24, 2.45) is 4.99 Å². The molecule has 0 aliphatic rings. The van der Waals surface area contributed by atoms with E-state index in [9.17, 15) is 0 Å². The lowest BCUT2D eigenvalue weighted by Gasteiger charge is -2.08. The van der Waals surface area contributed by atoms with Crippen molar-refractivity contribution < 1.29 is 4.74 Å². The molecule has 18 heavy (non-hydrogen) atoms. The molecule has 1 aromatic carbocycles. The molecule has 0 saturated heterocycles. The number of nitrogens with zero attached hydrogens (tertiary/aromatic N) is 3. The van der Waals surface area contributed by atoms with Crippen LogP contribution in [0.15, 0.2) is 35.6 Å². The normalized spacial score (nSPS) is 11.7. The quantitative estimate of drug-likeness (QED) is 0.600. The highest BCUT2D eigenvalue weighted by Crippen LogP contribution is 2.28. The second kappa shape index (κ2) is 5.04. The molecule has 0 saturated carbocycles. The van der Waals surface area contributed by atoms with Gasteiger partial charge in [-0.3, -0.25) is 4.57 Å². The summed E-state index contributed by atoms with van der Waals surface area (Å²) in [6.45, 7) is 5.93. The first-order chi connectivity index (χ1) is 8.61. The van der Waals surface area contributed by atoms with Gasteiger partial charge in [0.2, 0.25) is 0 Å². The number of hydrogen-bond acceptors (Lipinski definition) is 3. The average molecular weight is 243 g/mol. The second-order valence-electron chi connectivity index (χ2n) is 4.18. The molecule has 0 fully saturated rings. The summed E-state index contributed by atoms with van der Waals surface area (Å²) in [5.74, 6) is 2.57. The van der Waals surface area contributed by atoms with Crippen molar-refractivity contribution >= 4 is 11.5 Å². The number of methoxy groups -OCH3 is 1. The highest BCUT2D eigenvalue weighted by Gasteiger charge is 2.04. The van der Waals surface area contributed by atoms with E-state index in [2.05, 4.69) is 9.98 Å². The molecule has 1 heterocycles. The van der Waals surface area contributed by atoms with Gasteiger partial charge in [-0.25, -0.2) is 9.98 Å². The first-order valence-electron chi connectivity index (χ1n) is 5.82. The van der Waals surface area contributed by atoms with Gasteiger partial charge in [0.15, 0.2) is 0 Å². The maximum absolute atomic E-state index is 5.34. The minimum Gasteiger partial charge on any atom is -0.494 e. The van der Waals surface area contributed by atoms with Crippen LogP contribution in [0.25, 0.3) is 0 Å². The van der Waals surface area contributed by atoms with Crippen molar-refractivity contribution in [3.05, 3.63) is 42.0 Å². The van der Waals surface area contributed by atoms with Crippen molar-refractivity contribution in [1.82, 2.24) is 9.55 Å². The molecule has 2 aromatic rings. The average Bonchev–Trinajstić information content (AvgIpc) is 2.77. The maximum Gasteiger partial charge on any atom is 0.144 e. The number of aliphatic imine (C=N–C) groups is 1. The summed E-state index contributed by atoms with van der Waals surface area (Å²) in [4.78, 5) is 8.78. The predicted molar refractivity (Wildman–Crippen MR) is 72.9 cm³/mol. The van der Waals surface area contributed by atoms with E-state index in [0.29, 0.717) is 0 Å². The predicted octanol–water partition coefficient (Wildman–Crippen LogP) is 3.11. The Morgan fingerprint density at radius 2 is 2.11 bits per heavy atom. The van der Waals surface area contributed by atoms with Crippen LogP contribution >= 0.6 is 0 Å². The summed E-state index contributed by atoms with van der Waals surface area (Å²) >= 11 is 0. The molecule has 0 amide bonds. The van der Waals surface area contributed by atoms with Crippen LogP contribution in [0.3, 0.4) is 0 Å². The van der Waals surface area contributed by atoms with Gasteiger partial charge in [-0.1, -0.05) is 6.07 Å². The van der Waals surface area contributed by atoms with Gasteiger partial charge in [-0.2, -0.15) is 0 Å². The number of rotatable bonds is 2. The summed E-state index contributed by atoms with van der Waals surface area (Å²) in [6.07, 6.45) is 3.66. The van der Waals surface area contributed by atoms with E-state index in [1.165, 1.54) is 0 Å². The fourth-order valence-corrected chi connectivity index (χ4v) is 1.83. The number of imidazole rings is 1. The molecule has 0 unspecified atom stereocenters. The molecule has 1 aromatic heterocycles. The Bertz CT molecular complexity index is 584. The number of benzene rings is 1. The van der Waals surface area contributed by atoms with Crippen LogP contribution in [0.1, 0.15) is 18.3 Å². The highest BCUT2D eigenvalue weighted by atomic mass is 16.5. The molecule has 0 radical (unpaired) electrons.